The van der Waals surface area contributed by atoms with Crippen molar-refractivity contribution in [3.8, 4) is 0 Å². The van der Waals surface area contributed by atoms with Crippen LogP contribution in [-0.2, 0) is 20.8 Å². The first-order valence-corrected chi connectivity index (χ1v) is 12.7. The van der Waals surface area contributed by atoms with Crippen molar-refractivity contribution in [2.45, 2.75) is 57.4 Å². The largest absolute Gasteiger partial charge is 0.355 e. The number of hydrazine groups is 1. The smallest absolute Gasteiger partial charge is 0.344 e. The molecule has 3 N–H and O–H groups in total. The quantitative estimate of drug-likeness (QED) is 0.520. The van der Waals surface area contributed by atoms with Gasteiger partial charge >= 0.3 is 6.03 Å². The van der Waals surface area contributed by atoms with Crippen LogP contribution < -0.4 is 16.1 Å². The Bertz CT molecular complexity index is 873. The molecule has 3 aliphatic rings. The fraction of sp³-hybridized carbons (Fsp3) is 0.652. The summed E-state index contributed by atoms with van der Waals surface area (Å²) in [6.07, 6.45) is 5.17. The van der Waals surface area contributed by atoms with Crippen LogP contribution in [-0.4, -0.2) is 65.4 Å². The van der Waals surface area contributed by atoms with Gasteiger partial charge in [-0.15, -0.1) is 11.3 Å². The molecule has 3 fully saturated rings. The predicted molar refractivity (Wildman–Crippen MR) is 124 cm³/mol. The first kappa shape index (κ1) is 23.7. The number of piperidine rings is 1. The lowest BCUT2D eigenvalue weighted by Crippen LogP contribution is -2.53. The molecule has 0 atom stereocenters. The number of nitrogens with zero attached hydrogens (tertiary/aromatic N) is 2. The molecule has 1 spiro atoms. The summed E-state index contributed by atoms with van der Waals surface area (Å²) in [6.45, 7) is 4.12. The van der Waals surface area contributed by atoms with Gasteiger partial charge in [-0.25, -0.2) is 4.79 Å². The monoisotopic (exact) mass is 475 g/mol. The van der Waals surface area contributed by atoms with E-state index in [9.17, 15) is 19.2 Å². The maximum absolute atomic E-state index is 12.9. The molecule has 9 nitrogen and oxygen atoms in total. The molecule has 4 rings (SSSR count). The topological polar surface area (TPSA) is 111 Å². The molecule has 0 aromatic carbocycles. The molecule has 2 aliphatic heterocycles. The Morgan fingerprint density at radius 2 is 1.91 bits per heavy atom. The van der Waals surface area contributed by atoms with Gasteiger partial charge in [0.2, 0.25) is 5.91 Å². The van der Waals surface area contributed by atoms with E-state index in [0.717, 1.165) is 24.3 Å². The zero-order valence-electron chi connectivity index (χ0n) is 19.1. The number of carbonyl (C=O) groups is 4. The molecule has 0 bridgehead atoms. The number of urea groups is 1. The first-order valence-electron chi connectivity index (χ1n) is 11.8. The highest BCUT2D eigenvalue weighted by Crippen LogP contribution is 2.35. The molecule has 0 unspecified atom stereocenters. The highest BCUT2D eigenvalue weighted by atomic mass is 32.1. The van der Waals surface area contributed by atoms with Crippen molar-refractivity contribution in [2.75, 3.05) is 26.2 Å². The van der Waals surface area contributed by atoms with Crippen LogP contribution in [0.4, 0.5) is 4.79 Å². The number of thiophene rings is 1. The third-order valence-electron chi connectivity index (χ3n) is 7.10. The molecular formula is C23H33N5O4S. The summed E-state index contributed by atoms with van der Waals surface area (Å²) in [5.74, 6) is -0.187. The molecule has 1 saturated carbocycles. The zero-order valence-corrected chi connectivity index (χ0v) is 19.9. The van der Waals surface area contributed by atoms with Crippen LogP contribution in [0.2, 0.25) is 0 Å². The maximum Gasteiger partial charge on any atom is 0.344 e. The van der Waals surface area contributed by atoms with Crippen molar-refractivity contribution in [3.05, 3.63) is 22.4 Å². The van der Waals surface area contributed by atoms with Gasteiger partial charge in [0.1, 0.15) is 5.54 Å². The number of imide groups is 1. The summed E-state index contributed by atoms with van der Waals surface area (Å²) in [6, 6.07) is 3.52. The number of carbonyl (C=O) groups excluding carboxylic acids is 4. The van der Waals surface area contributed by atoms with Crippen molar-refractivity contribution in [1.82, 2.24) is 26.0 Å². The molecule has 1 aromatic rings. The van der Waals surface area contributed by atoms with Gasteiger partial charge in [-0.2, -0.15) is 5.01 Å². The van der Waals surface area contributed by atoms with Crippen LogP contribution >= 0.6 is 11.3 Å². The van der Waals surface area contributed by atoms with E-state index in [1.165, 1.54) is 4.88 Å². The van der Waals surface area contributed by atoms with E-state index in [-0.39, 0.29) is 24.3 Å². The average molecular weight is 476 g/mol. The Morgan fingerprint density at radius 3 is 2.58 bits per heavy atom. The van der Waals surface area contributed by atoms with Crippen LogP contribution in [0, 0.1) is 11.8 Å². The molecule has 180 valence electrons. The lowest BCUT2D eigenvalue weighted by Gasteiger charge is -2.33. The van der Waals surface area contributed by atoms with Gasteiger partial charge in [0.05, 0.1) is 6.54 Å². The number of rotatable bonds is 7. The molecule has 3 heterocycles. The third kappa shape index (κ3) is 5.55. The van der Waals surface area contributed by atoms with Gasteiger partial charge < -0.3 is 10.6 Å². The Morgan fingerprint density at radius 1 is 1.18 bits per heavy atom. The summed E-state index contributed by atoms with van der Waals surface area (Å²) in [5, 5.41) is 8.71. The van der Waals surface area contributed by atoms with Crippen molar-refractivity contribution in [1.29, 1.82) is 0 Å². The van der Waals surface area contributed by atoms with Crippen molar-refractivity contribution in [3.63, 3.8) is 0 Å². The number of nitrogens with one attached hydrogen (secondary N) is 3. The number of amides is 5. The van der Waals surface area contributed by atoms with E-state index in [0.29, 0.717) is 51.2 Å². The first-order chi connectivity index (χ1) is 15.9. The molecular weight excluding hydrogens is 442 g/mol. The van der Waals surface area contributed by atoms with Gasteiger partial charge in [0, 0.05) is 17.3 Å². The lowest BCUT2D eigenvalue weighted by atomic mass is 9.77. The second-order valence-corrected chi connectivity index (χ2v) is 10.6. The minimum absolute atomic E-state index is 0.0489. The third-order valence-corrected chi connectivity index (χ3v) is 8.04. The zero-order chi connectivity index (χ0) is 23.4. The van der Waals surface area contributed by atoms with E-state index in [1.54, 1.807) is 11.3 Å². The van der Waals surface area contributed by atoms with Gasteiger partial charge in [-0.3, -0.25) is 24.7 Å². The van der Waals surface area contributed by atoms with Crippen molar-refractivity contribution >= 4 is 35.1 Å². The van der Waals surface area contributed by atoms with Crippen molar-refractivity contribution < 1.29 is 19.2 Å². The summed E-state index contributed by atoms with van der Waals surface area (Å²) in [7, 11) is 0. The molecule has 1 aromatic heterocycles. The van der Waals surface area contributed by atoms with Gasteiger partial charge in [0.25, 0.3) is 11.8 Å². The maximum atomic E-state index is 12.9. The number of hydrogen-bond acceptors (Lipinski definition) is 6. The Hall–Kier alpha value is -2.46. The standard InChI is InChI=1S/C23H33N5O4S/c1-16-4-9-23(10-5-16)21(31)28(22(32)25-23)26-19(29)15-27-12-7-17(8-13-27)20(30)24-11-6-18-3-2-14-33-18/h2-3,14,16-17H,4-13,15H2,1H3,(H,24,30)(H,25,32)(H,26,29). The normalized spacial score (nSPS) is 26.5. The second-order valence-electron chi connectivity index (χ2n) is 9.54. The highest BCUT2D eigenvalue weighted by Gasteiger charge is 2.52. The molecule has 0 radical (unpaired) electrons. The highest BCUT2D eigenvalue weighted by molar-refractivity contribution is 7.09. The van der Waals surface area contributed by atoms with Crippen LogP contribution in [0.1, 0.15) is 50.3 Å². The summed E-state index contributed by atoms with van der Waals surface area (Å²) in [5.41, 5.74) is 1.63. The minimum atomic E-state index is -0.869. The fourth-order valence-electron chi connectivity index (χ4n) is 4.94. The number of likely N-dealkylation sites (tertiary alicyclic amines) is 1. The summed E-state index contributed by atoms with van der Waals surface area (Å²) in [4.78, 5) is 53.4. The minimum Gasteiger partial charge on any atom is -0.355 e. The Kier molecular flexibility index (Phi) is 7.33. The molecule has 1 aliphatic carbocycles. The van der Waals surface area contributed by atoms with Crippen LogP contribution in [0.5, 0.6) is 0 Å². The Labute approximate surface area is 198 Å². The van der Waals surface area contributed by atoms with E-state index < -0.39 is 17.5 Å². The van der Waals surface area contributed by atoms with Gasteiger partial charge in [0.15, 0.2) is 0 Å². The Balaban J connectivity index is 1.18. The van der Waals surface area contributed by atoms with E-state index in [4.69, 9.17) is 0 Å². The molecule has 5 amide bonds. The van der Waals surface area contributed by atoms with Crippen LogP contribution in [0.15, 0.2) is 17.5 Å². The average Bonchev–Trinajstić information content (AvgIpc) is 3.39. The van der Waals surface area contributed by atoms with Crippen LogP contribution in [0.25, 0.3) is 0 Å². The predicted octanol–water partition coefficient (Wildman–Crippen LogP) is 1.65. The van der Waals surface area contributed by atoms with Gasteiger partial charge in [-0.1, -0.05) is 13.0 Å². The van der Waals surface area contributed by atoms with E-state index >= 15 is 0 Å². The molecule has 10 heteroatoms. The van der Waals surface area contributed by atoms with Gasteiger partial charge in [-0.05, 0) is 75.4 Å². The molecule has 33 heavy (non-hydrogen) atoms. The molecule has 2 saturated heterocycles. The van der Waals surface area contributed by atoms with E-state index in [1.807, 2.05) is 16.3 Å². The second kappa shape index (κ2) is 10.2. The fourth-order valence-corrected chi connectivity index (χ4v) is 5.65. The van der Waals surface area contributed by atoms with E-state index in [2.05, 4.69) is 29.0 Å². The summed E-state index contributed by atoms with van der Waals surface area (Å²) < 4.78 is 0. The SMILES string of the molecule is CC1CCC2(CC1)NC(=O)N(NC(=O)CN1CCC(C(=O)NCCc3cccs3)CC1)C2=O. The van der Waals surface area contributed by atoms with Crippen molar-refractivity contribution in [2.24, 2.45) is 11.8 Å². The lowest BCUT2D eigenvalue weighted by molar-refractivity contribution is -0.140. The van der Waals surface area contributed by atoms with Crippen LogP contribution in [0.3, 0.4) is 0 Å². The number of hydrogen-bond donors (Lipinski definition) is 3. The summed E-state index contributed by atoms with van der Waals surface area (Å²) >= 11 is 1.69.